The number of rotatable bonds is 13. The minimum atomic E-state index is -0.123. The van der Waals surface area contributed by atoms with E-state index in [9.17, 15) is 9.59 Å². The standard InChI is InChI=1S/C24H40O3/c1-5-6-7-8-9-12-15-21-20(4)18-23(25)22(21)16-13-10-11-14-17-24(26)27-19(2)3/h10,12-13,15,19-22H,5-9,11,14,16-18H2,1-4H3/b13-10-,15-12+/t20-,21+,22-/m1/s1. The highest BCUT2D eigenvalue weighted by molar-refractivity contribution is 5.84. The molecule has 0 N–H and O–H groups in total. The van der Waals surface area contributed by atoms with Crippen molar-refractivity contribution in [3.63, 3.8) is 0 Å². The van der Waals surface area contributed by atoms with Crippen LogP contribution in [0.5, 0.6) is 0 Å². The fraction of sp³-hybridized carbons (Fsp3) is 0.750. The maximum absolute atomic E-state index is 12.4. The average molecular weight is 377 g/mol. The van der Waals surface area contributed by atoms with E-state index in [0.717, 1.165) is 25.7 Å². The Hall–Kier alpha value is -1.38. The van der Waals surface area contributed by atoms with Gasteiger partial charge in [-0.1, -0.05) is 57.4 Å². The Morgan fingerprint density at radius 2 is 1.85 bits per heavy atom. The van der Waals surface area contributed by atoms with Crippen molar-refractivity contribution in [1.29, 1.82) is 0 Å². The van der Waals surface area contributed by atoms with Gasteiger partial charge in [-0.3, -0.25) is 9.59 Å². The van der Waals surface area contributed by atoms with E-state index in [2.05, 4.69) is 38.2 Å². The van der Waals surface area contributed by atoms with Gasteiger partial charge in [0.2, 0.25) is 0 Å². The summed E-state index contributed by atoms with van der Waals surface area (Å²) in [6, 6.07) is 0. The normalized spacial score (nSPS) is 23.1. The summed E-state index contributed by atoms with van der Waals surface area (Å²) in [6.07, 6.45) is 18.8. The molecule has 0 amide bonds. The maximum atomic E-state index is 12.4. The van der Waals surface area contributed by atoms with Crippen molar-refractivity contribution in [1.82, 2.24) is 0 Å². The van der Waals surface area contributed by atoms with Gasteiger partial charge in [0.1, 0.15) is 5.78 Å². The van der Waals surface area contributed by atoms with Crippen molar-refractivity contribution >= 4 is 11.8 Å². The molecule has 27 heavy (non-hydrogen) atoms. The van der Waals surface area contributed by atoms with Crippen molar-refractivity contribution in [2.24, 2.45) is 17.8 Å². The number of ketones is 1. The van der Waals surface area contributed by atoms with E-state index >= 15 is 0 Å². The molecule has 1 saturated carbocycles. The molecular formula is C24H40O3. The number of hydrogen-bond donors (Lipinski definition) is 0. The van der Waals surface area contributed by atoms with Crippen molar-refractivity contribution < 1.29 is 14.3 Å². The number of esters is 1. The summed E-state index contributed by atoms with van der Waals surface area (Å²) >= 11 is 0. The molecule has 0 unspecified atom stereocenters. The summed E-state index contributed by atoms with van der Waals surface area (Å²) in [5.41, 5.74) is 0. The van der Waals surface area contributed by atoms with E-state index in [1.165, 1.54) is 25.7 Å². The van der Waals surface area contributed by atoms with E-state index in [1.54, 1.807) is 0 Å². The Morgan fingerprint density at radius 3 is 2.56 bits per heavy atom. The van der Waals surface area contributed by atoms with Crippen LogP contribution in [0.2, 0.25) is 0 Å². The largest absolute Gasteiger partial charge is 0.463 e. The highest BCUT2D eigenvalue weighted by atomic mass is 16.5. The van der Waals surface area contributed by atoms with Crippen LogP contribution in [0.3, 0.4) is 0 Å². The Morgan fingerprint density at radius 1 is 1.11 bits per heavy atom. The van der Waals surface area contributed by atoms with Crippen molar-refractivity contribution in [2.45, 2.75) is 98.0 Å². The second-order valence-corrected chi connectivity index (χ2v) is 8.25. The minimum Gasteiger partial charge on any atom is -0.463 e. The van der Waals surface area contributed by atoms with Gasteiger partial charge in [0.25, 0.3) is 0 Å². The highest BCUT2D eigenvalue weighted by Gasteiger charge is 2.37. The molecule has 0 aromatic rings. The molecule has 154 valence electrons. The van der Waals surface area contributed by atoms with Crippen LogP contribution in [0.15, 0.2) is 24.3 Å². The average Bonchev–Trinajstić information content (AvgIpc) is 2.86. The fourth-order valence-electron chi connectivity index (χ4n) is 3.82. The fourth-order valence-corrected chi connectivity index (χ4v) is 3.82. The second kappa shape index (κ2) is 13.7. The molecule has 0 aromatic carbocycles. The quantitative estimate of drug-likeness (QED) is 0.211. The van der Waals surface area contributed by atoms with Crippen LogP contribution < -0.4 is 0 Å². The smallest absolute Gasteiger partial charge is 0.306 e. The zero-order chi connectivity index (χ0) is 20.1. The molecule has 3 nitrogen and oxygen atoms in total. The molecule has 0 aromatic heterocycles. The van der Waals surface area contributed by atoms with E-state index in [4.69, 9.17) is 4.74 Å². The summed E-state index contributed by atoms with van der Waals surface area (Å²) in [5, 5.41) is 0. The van der Waals surface area contributed by atoms with E-state index in [-0.39, 0.29) is 18.0 Å². The summed E-state index contributed by atoms with van der Waals surface area (Å²) < 4.78 is 5.13. The summed E-state index contributed by atoms with van der Waals surface area (Å²) in [6.45, 7) is 8.17. The van der Waals surface area contributed by atoms with Crippen LogP contribution >= 0.6 is 0 Å². The van der Waals surface area contributed by atoms with Gasteiger partial charge in [-0.05, 0) is 57.8 Å². The molecule has 0 heterocycles. The lowest BCUT2D eigenvalue weighted by Crippen LogP contribution is -2.14. The van der Waals surface area contributed by atoms with Crippen molar-refractivity contribution in [3.05, 3.63) is 24.3 Å². The predicted octanol–water partition coefficient (Wildman–Crippen LogP) is 6.42. The molecule has 1 fully saturated rings. The number of carbonyl (C=O) groups is 2. The third kappa shape index (κ3) is 9.93. The zero-order valence-electron chi connectivity index (χ0n) is 17.9. The van der Waals surface area contributed by atoms with Crippen LogP contribution in [-0.4, -0.2) is 17.9 Å². The Labute approximate surface area is 166 Å². The molecule has 1 rings (SSSR count). The first-order valence-corrected chi connectivity index (χ1v) is 11.0. The number of unbranched alkanes of at least 4 members (excludes halogenated alkanes) is 5. The lowest BCUT2D eigenvalue weighted by atomic mass is 9.87. The molecule has 1 aliphatic carbocycles. The topological polar surface area (TPSA) is 43.4 Å². The number of Topliss-reactive ketones (excluding diaryl/α,β-unsaturated/α-hetero) is 1. The minimum absolute atomic E-state index is 0.0416. The number of carbonyl (C=O) groups excluding carboxylic acids is 2. The van der Waals surface area contributed by atoms with Gasteiger partial charge in [-0.25, -0.2) is 0 Å². The molecule has 0 saturated heterocycles. The van der Waals surface area contributed by atoms with Gasteiger partial charge in [0.15, 0.2) is 0 Å². The molecule has 0 aliphatic heterocycles. The van der Waals surface area contributed by atoms with E-state index in [1.807, 2.05) is 13.8 Å². The third-order valence-corrected chi connectivity index (χ3v) is 5.32. The van der Waals surface area contributed by atoms with Gasteiger partial charge in [-0.15, -0.1) is 0 Å². The van der Waals surface area contributed by atoms with Crippen molar-refractivity contribution in [2.75, 3.05) is 0 Å². The number of ether oxygens (including phenoxy) is 1. The first-order valence-electron chi connectivity index (χ1n) is 11.0. The van der Waals surface area contributed by atoms with Gasteiger partial charge < -0.3 is 4.74 Å². The van der Waals surface area contributed by atoms with Crippen LogP contribution in [0.25, 0.3) is 0 Å². The summed E-state index contributed by atoms with van der Waals surface area (Å²) in [7, 11) is 0. The SMILES string of the molecule is CCCCCC/C=C/[C@H]1[C@H](C)CC(=O)[C@@H]1C/C=C\CCCC(=O)OC(C)C. The van der Waals surface area contributed by atoms with E-state index < -0.39 is 0 Å². The Balaban J connectivity index is 2.34. The molecule has 0 bridgehead atoms. The molecule has 0 spiro atoms. The maximum Gasteiger partial charge on any atom is 0.306 e. The molecule has 1 aliphatic rings. The van der Waals surface area contributed by atoms with Crippen LogP contribution in [0.4, 0.5) is 0 Å². The third-order valence-electron chi connectivity index (χ3n) is 5.32. The molecule has 0 radical (unpaired) electrons. The van der Waals surface area contributed by atoms with Crippen LogP contribution in [0.1, 0.15) is 91.9 Å². The first-order chi connectivity index (χ1) is 13.0. The second-order valence-electron chi connectivity index (χ2n) is 8.25. The monoisotopic (exact) mass is 376 g/mol. The van der Waals surface area contributed by atoms with Crippen molar-refractivity contribution in [3.8, 4) is 0 Å². The highest BCUT2D eigenvalue weighted by Crippen LogP contribution is 2.37. The molecule has 3 atom stereocenters. The number of hydrogen-bond acceptors (Lipinski definition) is 3. The predicted molar refractivity (Wildman–Crippen MR) is 113 cm³/mol. The van der Waals surface area contributed by atoms with Crippen LogP contribution in [-0.2, 0) is 14.3 Å². The molecular weight excluding hydrogens is 336 g/mol. The van der Waals surface area contributed by atoms with Gasteiger partial charge in [0, 0.05) is 18.8 Å². The van der Waals surface area contributed by atoms with Gasteiger partial charge in [0.05, 0.1) is 6.10 Å². The van der Waals surface area contributed by atoms with Gasteiger partial charge >= 0.3 is 5.97 Å². The van der Waals surface area contributed by atoms with E-state index in [0.29, 0.717) is 30.5 Å². The lowest BCUT2D eigenvalue weighted by molar-refractivity contribution is -0.147. The van der Waals surface area contributed by atoms with Crippen LogP contribution in [0, 0.1) is 17.8 Å². The lowest BCUT2D eigenvalue weighted by Gasteiger charge is -2.16. The zero-order valence-corrected chi connectivity index (χ0v) is 17.9. The van der Waals surface area contributed by atoms with Gasteiger partial charge in [-0.2, -0.15) is 0 Å². The Bertz CT molecular complexity index is 490. The summed E-state index contributed by atoms with van der Waals surface area (Å²) in [4.78, 5) is 23.9. The first kappa shape index (κ1) is 23.7. The molecule has 3 heteroatoms. The summed E-state index contributed by atoms with van der Waals surface area (Å²) in [5.74, 6) is 1.26. The Kier molecular flexibility index (Phi) is 12.0. The number of allylic oxidation sites excluding steroid dienone is 4.